The topological polar surface area (TPSA) is 59.3 Å². The van der Waals surface area contributed by atoms with Crippen LogP contribution in [0.3, 0.4) is 0 Å². The van der Waals surface area contributed by atoms with Crippen LogP contribution in [-0.2, 0) is 11.3 Å². The van der Waals surface area contributed by atoms with E-state index in [4.69, 9.17) is 4.42 Å². The highest BCUT2D eigenvalue weighted by atomic mass is 32.1. The van der Waals surface area contributed by atoms with Gasteiger partial charge in [0.25, 0.3) is 0 Å². The molecule has 5 heteroatoms. The number of nitrogens with one attached hydrogen (secondary N) is 1. The lowest BCUT2D eigenvalue weighted by molar-refractivity contribution is -0.121. The first-order valence-corrected chi connectivity index (χ1v) is 6.49. The van der Waals surface area contributed by atoms with Crippen LogP contribution in [0.5, 0.6) is 0 Å². The average molecular weight is 263 g/mol. The summed E-state index contributed by atoms with van der Waals surface area (Å²) in [4.78, 5) is 23.9. The van der Waals surface area contributed by atoms with Crippen molar-refractivity contribution in [3.8, 4) is 0 Å². The second-order valence-corrected chi connectivity index (χ2v) is 4.70. The molecule has 0 atom stereocenters. The predicted octanol–water partition coefficient (Wildman–Crippen LogP) is 2.62. The zero-order valence-corrected chi connectivity index (χ0v) is 10.5. The summed E-state index contributed by atoms with van der Waals surface area (Å²) in [6.45, 7) is 0.360. The Morgan fingerprint density at radius 2 is 2.11 bits per heavy atom. The van der Waals surface area contributed by atoms with Crippen LogP contribution in [0.1, 0.15) is 28.3 Å². The molecule has 0 saturated heterocycles. The van der Waals surface area contributed by atoms with Gasteiger partial charge in [0.05, 0.1) is 17.7 Å². The molecule has 1 amide bonds. The molecule has 94 valence electrons. The number of rotatable bonds is 6. The van der Waals surface area contributed by atoms with E-state index in [1.807, 2.05) is 11.4 Å². The van der Waals surface area contributed by atoms with Crippen molar-refractivity contribution >= 4 is 23.0 Å². The SMILES string of the molecule is O=C(CCC(=O)c1cccs1)NCc1ccco1. The molecule has 0 spiro atoms. The van der Waals surface area contributed by atoms with Crippen LogP contribution in [0.25, 0.3) is 0 Å². The molecule has 4 nitrogen and oxygen atoms in total. The minimum Gasteiger partial charge on any atom is -0.467 e. The summed E-state index contributed by atoms with van der Waals surface area (Å²) in [5.74, 6) is 0.572. The first kappa shape index (κ1) is 12.6. The van der Waals surface area contributed by atoms with Gasteiger partial charge in [-0.25, -0.2) is 0 Å². The number of Topliss-reactive ketones (excluding diaryl/α,β-unsaturated/α-hetero) is 1. The molecule has 2 aromatic heterocycles. The van der Waals surface area contributed by atoms with E-state index in [9.17, 15) is 9.59 Å². The molecule has 0 aliphatic heterocycles. The predicted molar refractivity (Wildman–Crippen MR) is 68.4 cm³/mol. The molecule has 0 bridgehead atoms. The van der Waals surface area contributed by atoms with Gasteiger partial charge in [0.15, 0.2) is 5.78 Å². The summed E-state index contributed by atoms with van der Waals surface area (Å²) in [7, 11) is 0. The molecule has 0 fully saturated rings. The van der Waals surface area contributed by atoms with Gasteiger partial charge in [0.1, 0.15) is 5.76 Å². The maximum Gasteiger partial charge on any atom is 0.220 e. The molecule has 18 heavy (non-hydrogen) atoms. The first-order valence-electron chi connectivity index (χ1n) is 5.61. The molecule has 2 aromatic rings. The highest BCUT2D eigenvalue weighted by Gasteiger charge is 2.10. The van der Waals surface area contributed by atoms with Crippen LogP contribution in [0.4, 0.5) is 0 Å². The van der Waals surface area contributed by atoms with E-state index >= 15 is 0 Å². The monoisotopic (exact) mass is 263 g/mol. The second-order valence-electron chi connectivity index (χ2n) is 3.76. The van der Waals surface area contributed by atoms with Crippen LogP contribution >= 0.6 is 11.3 Å². The molecule has 2 heterocycles. The molecule has 1 N–H and O–H groups in total. The van der Waals surface area contributed by atoms with E-state index in [1.165, 1.54) is 11.3 Å². The molecule has 0 aliphatic rings. The van der Waals surface area contributed by atoms with E-state index in [-0.39, 0.29) is 24.5 Å². The fraction of sp³-hybridized carbons (Fsp3) is 0.231. The standard InChI is InChI=1S/C13H13NO3S/c15-11(12-4-2-8-18-12)5-6-13(16)14-9-10-3-1-7-17-10/h1-4,7-8H,5-6,9H2,(H,14,16). The van der Waals surface area contributed by atoms with Gasteiger partial charge in [0.2, 0.25) is 5.91 Å². The fourth-order valence-electron chi connectivity index (χ4n) is 1.47. The molecular weight excluding hydrogens is 250 g/mol. The number of ketones is 1. The van der Waals surface area contributed by atoms with Gasteiger partial charge in [-0.2, -0.15) is 0 Å². The summed E-state index contributed by atoms with van der Waals surface area (Å²) in [5.41, 5.74) is 0. The van der Waals surface area contributed by atoms with Gasteiger partial charge in [-0.05, 0) is 23.6 Å². The van der Waals surface area contributed by atoms with Crippen molar-refractivity contribution in [2.75, 3.05) is 0 Å². The Labute approximate surface area is 109 Å². The Morgan fingerprint density at radius 3 is 2.78 bits per heavy atom. The number of carbonyl (C=O) groups is 2. The van der Waals surface area contributed by atoms with Gasteiger partial charge in [-0.3, -0.25) is 9.59 Å². The van der Waals surface area contributed by atoms with Crippen molar-refractivity contribution in [3.05, 3.63) is 46.5 Å². The maximum absolute atomic E-state index is 11.7. The lowest BCUT2D eigenvalue weighted by atomic mass is 10.2. The highest BCUT2D eigenvalue weighted by molar-refractivity contribution is 7.12. The van der Waals surface area contributed by atoms with Gasteiger partial charge in [0, 0.05) is 12.8 Å². The van der Waals surface area contributed by atoms with Gasteiger partial charge < -0.3 is 9.73 Å². The minimum absolute atomic E-state index is 0.0122. The van der Waals surface area contributed by atoms with Crippen molar-refractivity contribution in [3.63, 3.8) is 0 Å². The van der Waals surface area contributed by atoms with Crippen molar-refractivity contribution < 1.29 is 14.0 Å². The zero-order chi connectivity index (χ0) is 12.8. The van der Waals surface area contributed by atoms with Crippen LogP contribution in [0.2, 0.25) is 0 Å². The summed E-state index contributed by atoms with van der Waals surface area (Å²) in [6.07, 6.45) is 2.00. The number of furan rings is 1. The van der Waals surface area contributed by atoms with Crippen molar-refractivity contribution in [2.45, 2.75) is 19.4 Å². The molecule has 2 rings (SSSR count). The largest absolute Gasteiger partial charge is 0.467 e. The Bertz CT molecular complexity index is 502. The highest BCUT2D eigenvalue weighted by Crippen LogP contribution is 2.12. The molecule has 0 aromatic carbocycles. The molecule has 0 radical (unpaired) electrons. The van der Waals surface area contributed by atoms with E-state index in [2.05, 4.69) is 5.32 Å². The Morgan fingerprint density at radius 1 is 1.22 bits per heavy atom. The maximum atomic E-state index is 11.7. The molecule has 0 saturated carbocycles. The van der Waals surface area contributed by atoms with E-state index < -0.39 is 0 Å². The number of amides is 1. The van der Waals surface area contributed by atoms with Gasteiger partial charge in [-0.15, -0.1) is 11.3 Å². The summed E-state index contributed by atoms with van der Waals surface area (Å²) in [6, 6.07) is 7.15. The molecule has 0 aliphatic carbocycles. The first-order chi connectivity index (χ1) is 8.75. The summed E-state index contributed by atoms with van der Waals surface area (Å²) < 4.78 is 5.09. The van der Waals surface area contributed by atoms with E-state index in [0.29, 0.717) is 17.2 Å². The third-order valence-electron chi connectivity index (χ3n) is 2.42. The van der Waals surface area contributed by atoms with Crippen LogP contribution in [0, 0.1) is 0 Å². The fourth-order valence-corrected chi connectivity index (χ4v) is 2.17. The van der Waals surface area contributed by atoms with Gasteiger partial charge in [-0.1, -0.05) is 6.07 Å². The third kappa shape index (κ3) is 3.56. The quantitative estimate of drug-likeness (QED) is 0.815. The third-order valence-corrected chi connectivity index (χ3v) is 3.33. The lowest BCUT2D eigenvalue weighted by Gasteiger charge is -2.02. The van der Waals surface area contributed by atoms with Crippen molar-refractivity contribution in [1.82, 2.24) is 5.32 Å². The van der Waals surface area contributed by atoms with E-state index in [0.717, 1.165) is 0 Å². The summed E-state index contributed by atoms with van der Waals surface area (Å²) in [5, 5.41) is 4.56. The number of carbonyl (C=O) groups excluding carboxylic acids is 2. The van der Waals surface area contributed by atoms with Gasteiger partial charge >= 0.3 is 0 Å². The normalized spacial score (nSPS) is 10.2. The van der Waals surface area contributed by atoms with E-state index in [1.54, 1.807) is 24.5 Å². The number of hydrogen-bond acceptors (Lipinski definition) is 4. The van der Waals surface area contributed by atoms with Crippen LogP contribution in [-0.4, -0.2) is 11.7 Å². The zero-order valence-electron chi connectivity index (χ0n) is 9.72. The molecule has 0 unspecified atom stereocenters. The average Bonchev–Trinajstić information content (AvgIpc) is 3.05. The Kier molecular flexibility index (Phi) is 4.30. The minimum atomic E-state index is -0.142. The molecular formula is C13H13NO3S. The smallest absolute Gasteiger partial charge is 0.220 e. The van der Waals surface area contributed by atoms with Crippen molar-refractivity contribution in [1.29, 1.82) is 0 Å². The van der Waals surface area contributed by atoms with Crippen LogP contribution < -0.4 is 5.32 Å². The second kappa shape index (κ2) is 6.16. The Balaban J connectivity index is 1.70. The van der Waals surface area contributed by atoms with Crippen LogP contribution in [0.15, 0.2) is 40.3 Å². The number of hydrogen-bond donors (Lipinski definition) is 1. The lowest BCUT2D eigenvalue weighted by Crippen LogP contribution is -2.22. The Hall–Kier alpha value is -1.88. The van der Waals surface area contributed by atoms with Crippen molar-refractivity contribution in [2.24, 2.45) is 0 Å². The number of thiophene rings is 1. The summed E-state index contributed by atoms with van der Waals surface area (Å²) >= 11 is 1.40.